The van der Waals surface area contributed by atoms with Crippen molar-refractivity contribution in [3.63, 3.8) is 0 Å². The van der Waals surface area contributed by atoms with Crippen LogP contribution in [0.3, 0.4) is 0 Å². The fraction of sp³-hybridized carbons (Fsp3) is 0.353. The molecular weight excluding hydrogens is 294 g/mol. The van der Waals surface area contributed by atoms with Gasteiger partial charge in [-0.15, -0.1) is 0 Å². The molecule has 0 bridgehead atoms. The van der Waals surface area contributed by atoms with E-state index < -0.39 is 11.9 Å². The summed E-state index contributed by atoms with van der Waals surface area (Å²) in [5.74, 6) is -1.52. The van der Waals surface area contributed by atoms with Crippen molar-refractivity contribution in [2.75, 3.05) is 13.6 Å². The molecule has 1 amide bonds. The molecule has 2 aromatic rings. The normalized spacial score (nSPS) is 11.9. The molecule has 0 aliphatic carbocycles. The van der Waals surface area contributed by atoms with Crippen LogP contribution in [0.1, 0.15) is 18.9 Å². The van der Waals surface area contributed by atoms with Crippen LogP contribution in [-0.4, -0.2) is 45.3 Å². The Morgan fingerprint density at radius 1 is 1.30 bits per heavy atom. The minimum atomic E-state index is -0.895. The molecular formula is C17H21N3O3. The lowest BCUT2D eigenvalue weighted by molar-refractivity contribution is -0.142. The zero-order valence-corrected chi connectivity index (χ0v) is 13.3. The van der Waals surface area contributed by atoms with Crippen LogP contribution in [0, 0.1) is 5.92 Å². The maximum atomic E-state index is 12.1. The van der Waals surface area contributed by atoms with E-state index in [1.165, 1.54) is 4.90 Å². The highest BCUT2D eigenvalue weighted by Crippen LogP contribution is 2.10. The second-order valence-corrected chi connectivity index (χ2v) is 5.64. The lowest BCUT2D eigenvalue weighted by atomic mass is 10.1. The first-order valence-electron chi connectivity index (χ1n) is 7.53. The van der Waals surface area contributed by atoms with Gasteiger partial charge in [0.05, 0.1) is 17.8 Å². The van der Waals surface area contributed by atoms with Gasteiger partial charge >= 0.3 is 5.97 Å². The highest BCUT2D eigenvalue weighted by Gasteiger charge is 2.17. The highest BCUT2D eigenvalue weighted by atomic mass is 16.4. The van der Waals surface area contributed by atoms with E-state index in [-0.39, 0.29) is 12.5 Å². The molecule has 1 aromatic heterocycles. The Morgan fingerprint density at radius 2 is 2.00 bits per heavy atom. The number of amides is 1. The van der Waals surface area contributed by atoms with E-state index in [0.717, 1.165) is 11.3 Å². The Kier molecular flexibility index (Phi) is 5.51. The van der Waals surface area contributed by atoms with Gasteiger partial charge in [-0.05, 0) is 24.1 Å². The monoisotopic (exact) mass is 315 g/mol. The average molecular weight is 315 g/mol. The molecule has 0 saturated carbocycles. The molecule has 1 N–H and O–H groups in total. The first-order chi connectivity index (χ1) is 11.0. The number of carboxylic acids is 1. The largest absolute Gasteiger partial charge is 0.481 e. The molecule has 1 aromatic carbocycles. The predicted molar refractivity (Wildman–Crippen MR) is 86.3 cm³/mol. The van der Waals surface area contributed by atoms with E-state index in [1.54, 1.807) is 24.9 Å². The minimum absolute atomic E-state index is 0.0643. The Bertz CT molecular complexity index is 667. The molecule has 6 nitrogen and oxygen atoms in total. The Morgan fingerprint density at radius 3 is 2.65 bits per heavy atom. The molecule has 0 aliphatic heterocycles. The standard InChI is InChI=1S/C17H21N3O3/c1-13(17(22)23)11-19(2)16(21)9-8-14-10-18-20(12-14)15-6-4-3-5-7-15/h3-7,10,12-13H,8-9,11H2,1-2H3,(H,22,23). The highest BCUT2D eigenvalue weighted by molar-refractivity contribution is 5.77. The van der Waals surface area contributed by atoms with Gasteiger partial charge in [-0.2, -0.15) is 5.10 Å². The number of carbonyl (C=O) groups is 2. The molecule has 0 fully saturated rings. The fourth-order valence-electron chi connectivity index (χ4n) is 2.24. The SMILES string of the molecule is CC(CN(C)C(=O)CCc1cnn(-c2ccccc2)c1)C(=O)O. The Labute approximate surface area is 135 Å². The van der Waals surface area contributed by atoms with E-state index in [9.17, 15) is 9.59 Å². The predicted octanol–water partition coefficient (Wildman–Crippen LogP) is 1.98. The molecule has 0 saturated heterocycles. The van der Waals surface area contributed by atoms with Crippen molar-refractivity contribution in [1.82, 2.24) is 14.7 Å². The van der Waals surface area contributed by atoms with Gasteiger partial charge in [0, 0.05) is 26.2 Å². The molecule has 6 heteroatoms. The van der Waals surface area contributed by atoms with Gasteiger partial charge < -0.3 is 10.0 Å². The van der Waals surface area contributed by atoms with Gasteiger partial charge in [0.15, 0.2) is 0 Å². The summed E-state index contributed by atoms with van der Waals surface area (Å²) in [6, 6.07) is 9.75. The summed E-state index contributed by atoms with van der Waals surface area (Å²) in [6.45, 7) is 1.81. The first-order valence-corrected chi connectivity index (χ1v) is 7.53. The average Bonchev–Trinajstić information content (AvgIpc) is 3.02. The summed E-state index contributed by atoms with van der Waals surface area (Å²) in [7, 11) is 1.63. The van der Waals surface area contributed by atoms with Gasteiger partial charge in [0.1, 0.15) is 0 Å². The van der Waals surface area contributed by atoms with E-state index >= 15 is 0 Å². The summed E-state index contributed by atoms with van der Waals surface area (Å²) in [5, 5.41) is 13.2. The third-order valence-corrected chi connectivity index (χ3v) is 3.68. The van der Waals surface area contributed by atoms with Gasteiger partial charge in [-0.25, -0.2) is 4.68 Å². The molecule has 23 heavy (non-hydrogen) atoms. The number of carbonyl (C=O) groups excluding carboxylic acids is 1. The number of aliphatic carboxylic acids is 1. The second kappa shape index (κ2) is 7.58. The second-order valence-electron chi connectivity index (χ2n) is 5.64. The van der Waals surface area contributed by atoms with Crippen LogP contribution in [-0.2, 0) is 16.0 Å². The summed E-state index contributed by atoms with van der Waals surface area (Å²) in [4.78, 5) is 24.4. The van der Waals surface area contributed by atoms with Gasteiger partial charge in [-0.3, -0.25) is 9.59 Å². The van der Waals surface area contributed by atoms with Crippen LogP contribution in [0.25, 0.3) is 5.69 Å². The van der Waals surface area contributed by atoms with Crippen molar-refractivity contribution in [1.29, 1.82) is 0 Å². The zero-order chi connectivity index (χ0) is 16.8. The van der Waals surface area contributed by atoms with Crippen molar-refractivity contribution in [2.24, 2.45) is 5.92 Å². The number of aromatic nitrogens is 2. The van der Waals surface area contributed by atoms with Gasteiger partial charge in [0.25, 0.3) is 0 Å². The fourth-order valence-corrected chi connectivity index (χ4v) is 2.24. The van der Waals surface area contributed by atoms with E-state index in [2.05, 4.69) is 5.10 Å². The molecule has 1 heterocycles. The van der Waals surface area contributed by atoms with Crippen LogP contribution in [0.4, 0.5) is 0 Å². The number of aryl methyl sites for hydroxylation is 1. The number of nitrogens with zero attached hydrogens (tertiary/aromatic N) is 3. The topological polar surface area (TPSA) is 75.4 Å². The quantitative estimate of drug-likeness (QED) is 0.848. The summed E-state index contributed by atoms with van der Waals surface area (Å²) in [6.07, 6.45) is 4.57. The maximum absolute atomic E-state index is 12.1. The van der Waals surface area contributed by atoms with Crippen molar-refractivity contribution >= 4 is 11.9 Å². The van der Waals surface area contributed by atoms with Crippen LogP contribution >= 0.6 is 0 Å². The van der Waals surface area contributed by atoms with E-state index in [0.29, 0.717) is 12.8 Å². The van der Waals surface area contributed by atoms with Gasteiger partial charge in [-0.1, -0.05) is 25.1 Å². The number of para-hydroxylation sites is 1. The molecule has 0 spiro atoms. The lowest BCUT2D eigenvalue weighted by Crippen LogP contribution is -2.33. The van der Waals surface area contributed by atoms with Gasteiger partial charge in [0.2, 0.25) is 5.91 Å². The number of benzene rings is 1. The Balaban J connectivity index is 1.87. The molecule has 1 atom stereocenters. The smallest absolute Gasteiger partial charge is 0.308 e. The van der Waals surface area contributed by atoms with Crippen molar-refractivity contribution in [3.05, 3.63) is 48.3 Å². The Hall–Kier alpha value is -2.63. The van der Waals surface area contributed by atoms with Crippen LogP contribution in [0.2, 0.25) is 0 Å². The molecule has 0 aliphatic rings. The summed E-state index contributed by atoms with van der Waals surface area (Å²) in [5.41, 5.74) is 1.94. The van der Waals surface area contributed by atoms with Crippen molar-refractivity contribution < 1.29 is 14.7 Å². The lowest BCUT2D eigenvalue weighted by Gasteiger charge is -2.19. The van der Waals surface area contributed by atoms with E-state index in [4.69, 9.17) is 5.11 Å². The third kappa shape index (κ3) is 4.67. The van der Waals surface area contributed by atoms with Crippen molar-refractivity contribution in [3.8, 4) is 5.69 Å². The van der Waals surface area contributed by atoms with Crippen LogP contribution in [0.5, 0.6) is 0 Å². The van der Waals surface area contributed by atoms with E-state index in [1.807, 2.05) is 36.5 Å². The number of rotatable bonds is 7. The number of hydrogen-bond donors (Lipinski definition) is 1. The molecule has 0 radical (unpaired) electrons. The maximum Gasteiger partial charge on any atom is 0.308 e. The minimum Gasteiger partial charge on any atom is -0.481 e. The summed E-state index contributed by atoms with van der Waals surface area (Å²) >= 11 is 0. The molecule has 1 unspecified atom stereocenters. The molecule has 122 valence electrons. The summed E-state index contributed by atoms with van der Waals surface area (Å²) < 4.78 is 1.77. The first kappa shape index (κ1) is 16.7. The molecule has 2 rings (SSSR count). The van der Waals surface area contributed by atoms with Crippen LogP contribution in [0.15, 0.2) is 42.7 Å². The number of carboxylic acid groups (broad SMARTS) is 1. The number of hydrogen-bond acceptors (Lipinski definition) is 3. The third-order valence-electron chi connectivity index (χ3n) is 3.68. The van der Waals surface area contributed by atoms with Crippen LogP contribution < -0.4 is 0 Å². The zero-order valence-electron chi connectivity index (χ0n) is 13.3. The van der Waals surface area contributed by atoms with Crippen molar-refractivity contribution in [2.45, 2.75) is 19.8 Å².